The van der Waals surface area contributed by atoms with E-state index in [0.29, 0.717) is 42.7 Å². The van der Waals surface area contributed by atoms with Crippen LogP contribution >= 0.6 is 0 Å². The molecule has 0 radical (unpaired) electrons. The first-order valence-electron chi connectivity index (χ1n) is 14.7. The molecule has 1 saturated heterocycles. The van der Waals surface area contributed by atoms with Gasteiger partial charge in [0.05, 0.1) is 32.1 Å². The molecule has 1 aromatic heterocycles. The quantitative estimate of drug-likeness (QED) is 0.426. The molecule has 2 aromatic rings. The first-order valence-corrected chi connectivity index (χ1v) is 14.7. The molecule has 2 fully saturated rings. The molecule has 2 N–H and O–H groups in total. The molecule has 0 spiro atoms. The van der Waals surface area contributed by atoms with E-state index >= 15 is 0 Å². The molecule has 240 valence electrons. The van der Waals surface area contributed by atoms with Gasteiger partial charge in [-0.25, -0.2) is 4.98 Å². The van der Waals surface area contributed by atoms with Crippen LogP contribution in [0.25, 0.3) is 0 Å². The third kappa shape index (κ3) is 7.13. The number of aromatic nitrogens is 2. The molecule has 0 bridgehead atoms. The van der Waals surface area contributed by atoms with Gasteiger partial charge >= 0.3 is 12.1 Å². The third-order valence-corrected chi connectivity index (χ3v) is 8.42. The Kier molecular flexibility index (Phi) is 9.14. The molecule has 1 aliphatic carbocycles. The van der Waals surface area contributed by atoms with Crippen molar-refractivity contribution >= 4 is 35.0 Å². The number of hydrogen-bond donors (Lipinski definition) is 2. The Morgan fingerprint density at radius 2 is 1.82 bits per heavy atom. The monoisotopic (exact) mass is 625 g/mol. The van der Waals surface area contributed by atoms with Crippen LogP contribution in [0.1, 0.15) is 55.3 Å². The van der Waals surface area contributed by atoms with Crippen molar-refractivity contribution in [3.63, 3.8) is 0 Å². The Balaban J connectivity index is 1.32. The van der Waals surface area contributed by atoms with Crippen molar-refractivity contribution in [2.75, 3.05) is 55.5 Å². The number of anilines is 4. The number of amides is 2. The number of rotatable bonds is 7. The molecule has 5 rings (SSSR count). The summed E-state index contributed by atoms with van der Waals surface area (Å²) in [4.78, 5) is 38.1. The number of nitrogens with one attached hydrogen (secondary N) is 2. The molecule has 15 heteroatoms. The van der Waals surface area contributed by atoms with Crippen LogP contribution in [0.5, 0.6) is 5.75 Å². The summed E-state index contributed by atoms with van der Waals surface area (Å²) in [7, 11) is 2.71. The van der Waals surface area contributed by atoms with Crippen molar-refractivity contribution in [1.82, 2.24) is 20.2 Å². The molecule has 0 atom stereocenters. The largest absolute Gasteiger partial charge is 0.495 e. The standard InChI is InChI=1S/C29H36F5N7O3/c1-39-22-15-35-27(38-24(22)41(16-28(30,31)26(39)43)20-6-4-3-5-7-20)37-21-9-8-18(14-23(21)44-2)25(42)36-19-10-12-40(13-11-19)17-29(32,33)34/h8-9,14-15,19-20H,3-7,10-13,16-17H2,1-2H3,(H,36,42)(H,35,37,38). The Morgan fingerprint density at radius 1 is 1.11 bits per heavy atom. The fraction of sp³-hybridized carbons (Fsp3) is 0.586. The van der Waals surface area contributed by atoms with Gasteiger partial charge in [0, 0.05) is 37.8 Å². The lowest BCUT2D eigenvalue weighted by Gasteiger charge is -2.35. The zero-order chi connectivity index (χ0) is 31.6. The second-order valence-electron chi connectivity index (χ2n) is 11.6. The average molecular weight is 626 g/mol. The molecule has 3 aliphatic rings. The average Bonchev–Trinajstić information content (AvgIpc) is 3.06. The maximum atomic E-state index is 15.0. The maximum absolute atomic E-state index is 15.0. The van der Waals surface area contributed by atoms with E-state index in [-0.39, 0.29) is 48.5 Å². The van der Waals surface area contributed by atoms with Crippen LogP contribution in [-0.4, -0.2) is 91.2 Å². The zero-order valence-electron chi connectivity index (χ0n) is 24.6. The topological polar surface area (TPSA) is 103 Å². The van der Waals surface area contributed by atoms with Crippen molar-refractivity contribution in [1.29, 1.82) is 0 Å². The van der Waals surface area contributed by atoms with Gasteiger partial charge in [-0.2, -0.15) is 26.9 Å². The Labute approximate surface area is 251 Å². The number of fused-ring (bicyclic) bond motifs is 1. The molecule has 2 amide bonds. The van der Waals surface area contributed by atoms with Crippen LogP contribution in [0.2, 0.25) is 0 Å². The second-order valence-corrected chi connectivity index (χ2v) is 11.6. The SMILES string of the molecule is COc1cc(C(=O)NC2CCN(CC(F)(F)F)CC2)ccc1Nc1ncc2c(n1)N(C1CCCCC1)CC(F)(F)C(=O)N2C. The molecule has 2 aliphatic heterocycles. The Bertz CT molecular complexity index is 1360. The van der Waals surface area contributed by atoms with E-state index in [2.05, 4.69) is 20.6 Å². The van der Waals surface area contributed by atoms with Gasteiger partial charge in [-0.05, 0) is 43.9 Å². The van der Waals surface area contributed by atoms with Gasteiger partial charge < -0.3 is 25.2 Å². The van der Waals surface area contributed by atoms with E-state index in [0.717, 1.165) is 24.2 Å². The van der Waals surface area contributed by atoms with Crippen molar-refractivity contribution < 1.29 is 36.3 Å². The number of carbonyl (C=O) groups is 2. The van der Waals surface area contributed by atoms with Gasteiger partial charge in [-0.1, -0.05) is 19.3 Å². The van der Waals surface area contributed by atoms with E-state index in [1.165, 1.54) is 36.2 Å². The normalized spacial score (nSPS) is 20.2. The van der Waals surface area contributed by atoms with Crippen LogP contribution in [0.4, 0.5) is 45.1 Å². The number of halogens is 5. The van der Waals surface area contributed by atoms with Crippen molar-refractivity contribution in [2.45, 2.75) is 69.1 Å². The lowest BCUT2D eigenvalue weighted by Crippen LogP contribution is -2.49. The molecular weight excluding hydrogens is 589 g/mol. The minimum Gasteiger partial charge on any atom is -0.495 e. The summed E-state index contributed by atoms with van der Waals surface area (Å²) >= 11 is 0. The summed E-state index contributed by atoms with van der Waals surface area (Å²) in [6, 6.07) is 4.22. The van der Waals surface area contributed by atoms with E-state index in [9.17, 15) is 31.5 Å². The summed E-state index contributed by atoms with van der Waals surface area (Å²) in [5, 5.41) is 5.92. The number of alkyl halides is 5. The summed E-state index contributed by atoms with van der Waals surface area (Å²) in [5.74, 6) is -4.68. The van der Waals surface area contributed by atoms with Crippen LogP contribution < -0.4 is 25.2 Å². The highest BCUT2D eigenvalue weighted by molar-refractivity contribution is 6.02. The van der Waals surface area contributed by atoms with Crippen LogP contribution in [-0.2, 0) is 4.79 Å². The number of methoxy groups -OCH3 is 1. The van der Waals surface area contributed by atoms with Crippen molar-refractivity contribution in [3.8, 4) is 5.75 Å². The second kappa shape index (κ2) is 12.7. The zero-order valence-corrected chi connectivity index (χ0v) is 24.6. The molecule has 10 nitrogen and oxygen atoms in total. The smallest absolute Gasteiger partial charge is 0.401 e. The number of nitrogens with zero attached hydrogens (tertiary/aromatic N) is 5. The van der Waals surface area contributed by atoms with E-state index in [4.69, 9.17) is 4.74 Å². The highest BCUT2D eigenvalue weighted by Crippen LogP contribution is 2.39. The number of hydrogen-bond acceptors (Lipinski definition) is 8. The number of piperidine rings is 1. The van der Waals surface area contributed by atoms with Gasteiger partial charge in [-0.15, -0.1) is 0 Å². The molecule has 1 saturated carbocycles. The number of benzene rings is 1. The van der Waals surface area contributed by atoms with E-state index in [1.807, 2.05) is 0 Å². The highest BCUT2D eigenvalue weighted by Gasteiger charge is 2.48. The summed E-state index contributed by atoms with van der Waals surface area (Å²) in [5.41, 5.74) is 0.891. The van der Waals surface area contributed by atoms with Gasteiger partial charge in [0.15, 0.2) is 5.82 Å². The molecule has 44 heavy (non-hydrogen) atoms. The van der Waals surface area contributed by atoms with E-state index < -0.39 is 31.1 Å². The lowest BCUT2D eigenvalue weighted by atomic mass is 9.94. The van der Waals surface area contributed by atoms with Gasteiger partial charge in [-0.3, -0.25) is 14.5 Å². The minimum atomic E-state index is -4.26. The first kappa shape index (κ1) is 31.7. The number of likely N-dealkylation sites (tertiary alicyclic amines) is 1. The molecular formula is C29H36F5N7O3. The molecule has 3 heterocycles. The van der Waals surface area contributed by atoms with Crippen LogP contribution in [0.3, 0.4) is 0 Å². The predicted molar refractivity (Wildman–Crippen MR) is 154 cm³/mol. The Hall–Kier alpha value is -3.75. The van der Waals surface area contributed by atoms with Crippen molar-refractivity contribution in [3.05, 3.63) is 30.0 Å². The van der Waals surface area contributed by atoms with Gasteiger partial charge in [0.2, 0.25) is 5.95 Å². The number of ether oxygens (including phenoxy) is 1. The van der Waals surface area contributed by atoms with Crippen molar-refractivity contribution in [2.24, 2.45) is 0 Å². The molecule has 0 unspecified atom stereocenters. The minimum absolute atomic E-state index is 0.0942. The lowest BCUT2D eigenvalue weighted by molar-refractivity contribution is -0.148. The predicted octanol–water partition coefficient (Wildman–Crippen LogP) is 4.74. The highest BCUT2D eigenvalue weighted by atomic mass is 19.4. The van der Waals surface area contributed by atoms with Crippen LogP contribution in [0.15, 0.2) is 24.4 Å². The van der Waals surface area contributed by atoms with Gasteiger partial charge in [0.1, 0.15) is 11.4 Å². The maximum Gasteiger partial charge on any atom is 0.401 e. The van der Waals surface area contributed by atoms with Crippen LogP contribution in [0, 0.1) is 0 Å². The summed E-state index contributed by atoms with van der Waals surface area (Å²) < 4.78 is 73.4. The Morgan fingerprint density at radius 3 is 2.48 bits per heavy atom. The van der Waals surface area contributed by atoms with Gasteiger partial charge in [0.25, 0.3) is 11.8 Å². The fourth-order valence-corrected chi connectivity index (χ4v) is 6.09. The van der Waals surface area contributed by atoms with E-state index in [1.54, 1.807) is 12.1 Å². The summed E-state index contributed by atoms with van der Waals surface area (Å²) in [6.07, 6.45) is 2.13. The summed E-state index contributed by atoms with van der Waals surface area (Å²) in [6.45, 7) is -1.28. The number of carbonyl (C=O) groups excluding carboxylic acids is 2. The third-order valence-electron chi connectivity index (χ3n) is 8.42. The fourth-order valence-electron chi connectivity index (χ4n) is 6.09. The first-order chi connectivity index (χ1) is 20.8. The molecule has 1 aromatic carbocycles.